The molecule has 2 aromatic heterocycles. The molecule has 14 amide bonds. The summed E-state index contributed by atoms with van der Waals surface area (Å²) in [5.41, 5.74) is 20.4. The predicted molar refractivity (Wildman–Crippen MR) is 469 cm³/mol. The number of amides is 14. The number of H-pyrrole nitrogens is 2. The average Bonchev–Trinajstić information content (AvgIpc) is 1.60. The molecule has 39 heteroatoms. The number of carboxylic acids is 2. The number of aliphatic carboxylic acids is 2. The zero-order valence-electron chi connectivity index (χ0n) is 73.1. The second-order valence-electron chi connectivity index (χ2n) is 34.2. The zero-order chi connectivity index (χ0) is 93.9. The molecule has 2 aliphatic rings. The fraction of sp³-hybridized carbons (Fsp3) is 0.506. The maximum absolute atomic E-state index is 15.1. The third-order valence-electron chi connectivity index (χ3n) is 22.2. The summed E-state index contributed by atoms with van der Waals surface area (Å²) >= 11 is 0. The Kier molecular flexibility index (Phi) is 37.3. The van der Waals surface area contributed by atoms with Gasteiger partial charge in [0.25, 0.3) is 0 Å². The van der Waals surface area contributed by atoms with Crippen LogP contribution in [0.4, 0.5) is 0 Å². The zero-order valence-corrected chi connectivity index (χ0v) is 73.1. The van der Waals surface area contributed by atoms with Crippen molar-refractivity contribution in [1.82, 2.24) is 78.3 Å². The number of aliphatic hydroxyl groups excluding tert-OH is 1. The largest absolute Gasteiger partial charge is 0.508 e. The van der Waals surface area contributed by atoms with Gasteiger partial charge in [0.05, 0.1) is 25.0 Å². The number of unbranched alkanes of at least 4 members (excludes halogenated alkanes) is 1. The summed E-state index contributed by atoms with van der Waals surface area (Å²) in [5, 5.41) is 82.0. The number of para-hydroxylation sites is 2. The molecule has 8 rings (SSSR count). The van der Waals surface area contributed by atoms with Crippen LogP contribution < -0.4 is 75.7 Å². The molecule has 4 aromatic carbocycles. The number of aliphatic hydroxyl groups is 1. The number of nitrogens with zero attached hydrogens (tertiary/aromatic N) is 2. The lowest BCUT2D eigenvalue weighted by Crippen LogP contribution is -2.62. The molecule has 694 valence electrons. The second-order valence-corrected chi connectivity index (χ2v) is 34.2. The minimum absolute atomic E-state index is 0.0371. The minimum atomic E-state index is -1.95. The van der Waals surface area contributed by atoms with Gasteiger partial charge in [-0.05, 0) is 161 Å². The van der Waals surface area contributed by atoms with Crippen molar-refractivity contribution in [3.05, 3.63) is 132 Å². The number of hydrogen-bond donors (Lipinski definition) is 21. The van der Waals surface area contributed by atoms with Crippen molar-refractivity contribution in [3.63, 3.8) is 0 Å². The molecule has 24 N–H and O–H groups in total. The number of nitrogens with two attached hydrogens (primary N) is 3. The molecule has 0 bridgehead atoms. The van der Waals surface area contributed by atoms with Crippen molar-refractivity contribution >= 4 is 116 Å². The first-order chi connectivity index (χ1) is 60.7. The normalized spacial score (nSPS) is 16.9. The van der Waals surface area contributed by atoms with Gasteiger partial charge in [0.2, 0.25) is 82.7 Å². The van der Waals surface area contributed by atoms with Crippen LogP contribution >= 0.6 is 0 Å². The Morgan fingerprint density at radius 2 is 0.797 bits per heavy atom. The van der Waals surface area contributed by atoms with Crippen LogP contribution in [0.1, 0.15) is 155 Å². The summed E-state index contributed by atoms with van der Waals surface area (Å²) in [5.74, 6) is -17.1. The van der Waals surface area contributed by atoms with Crippen LogP contribution in [0.25, 0.3) is 21.8 Å². The third-order valence-corrected chi connectivity index (χ3v) is 22.2. The van der Waals surface area contributed by atoms with Crippen molar-refractivity contribution in [1.29, 1.82) is 0 Å². The molecule has 39 nitrogen and oxygen atoms in total. The Hall–Kier alpha value is -13.0. The van der Waals surface area contributed by atoms with Gasteiger partial charge in [-0.15, -0.1) is 0 Å². The number of nitrogens with one attached hydrogen (secondary N) is 13. The molecular weight excluding hydrogens is 1660 g/mol. The molecule has 6 aromatic rings. The van der Waals surface area contributed by atoms with Gasteiger partial charge >= 0.3 is 11.9 Å². The summed E-state index contributed by atoms with van der Waals surface area (Å²) in [6.45, 7) is 13.2. The molecule has 0 spiro atoms. The highest BCUT2D eigenvalue weighted by atomic mass is 16.4. The van der Waals surface area contributed by atoms with Crippen LogP contribution in [0, 0.1) is 17.8 Å². The highest BCUT2D eigenvalue weighted by Gasteiger charge is 2.45. The van der Waals surface area contributed by atoms with E-state index in [-0.39, 0.29) is 126 Å². The summed E-state index contributed by atoms with van der Waals surface area (Å²) < 4.78 is 0. The summed E-state index contributed by atoms with van der Waals surface area (Å²) in [6, 6.07) is 4.38. The van der Waals surface area contributed by atoms with E-state index in [4.69, 9.17) is 17.2 Å². The highest BCUT2D eigenvalue weighted by molar-refractivity contribution is 6.02. The second kappa shape index (κ2) is 47.5. The van der Waals surface area contributed by atoms with E-state index in [0.717, 1.165) is 4.90 Å². The van der Waals surface area contributed by atoms with Crippen molar-refractivity contribution in [3.8, 4) is 11.5 Å². The molecule has 0 unspecified atom stereocenters. The molecular formula is C89H122N18O21. The number of fused-ring (bicyclic) bond motifs is 2. The number of carbonyl (C=O) groups is 16. The molecule has 128 heavy (non-hydrogen) atoms. The number of phenols is 2. The van der Waals surface area contributed by atoms with Crippen molar-refractivity contribution in [2.24, 2.45) is 35.0 Å². The Balaban J connectivity index is 0.979. The molecule has 15 atom stereocenters. The number of aromatic amines is 2. The van der Waals surface area contributed by atoms with Crippen molar-refractivity contribution < 1.29 is 102 Å². The van der Waals surface area contributed by atoms with E-state index in [2.05, 4.69) is 68.5 Å². The van der Waals surface area contributed by atoms with Gasteiger partial charge in [0.15, 0.2) is 0 Å². The number of aromatic hydroxyl groups is 2. The average molecular weight is 1780 g/mol. The number of aromatic nitrogens is 2. The van der Waals surface area contributed by atoms with E-state index >= 15 is 9.59 Å². The molecule has 0 saturated carbocycles. The minimum Gasteiger partial charge on any atom is -0.508 e. The third kappa shape index (κ3) is 29.3. The van der Waals surface area contributed by atoms with E-state index in [9.17, 15) is 92.7 Å². The fourth-order valence-corrected chi connectivity index (χ4v) is 15.6. The van der Waals surface area contributed by atoms with Gasteiger partial charge in [-0.3, -0.25) is 71.9 Å². The topological polar surface area (TPSA) is 623 Å². The van der Waals surface area contributed by atoms with E-state index in [1.54, 1.807) is 76.5 Å². The van der Waals surface area contributed by atoms with Gasteiger partial charge in [0.1, 0.15) is 90.0 Å². The molecule has 2 fully saturated rings. The molecule has 0 radical (unpaired) electrons. The lowest BCUT2D eigenvalue weighted by atomic mass is 9.98. The van der Waals surface area contributed by atoms with Crippen LogP contribution in [-0.2, 0) is 102 Å². The lowest BCUT2D eigenvalue weighted by molar-refractivity contribution is -0.146. The molecule has 2 aliphatic heterocycles. The highest BCUT2D eigenvalue weighted by Crippen LogP contribution is 2.27. The SMILES string of the molecule is CC(C)C[C@H](NC(=O)[C@H](CCCCN)NC(=O)[C@@H](NC(=O)[C@H](CC(C)C)NC(=O)[C@@H]1CCCN1C(=O)[C@H](CC(=O)O)NC(=O)[C@H](Cc1ccc(O)cc1)NC(=O)[C@H](Cc1c[nH]c2ccccc12)NC(=O)[C@H](CC(N)=O)NC(=O)[C@H](C)N)[C@@H](C)O)C(=O)N[C@@H](Cc1c[nH]c2ccccc12)C(=O)N[C@@H](CC(C)C)C(=O)N1CCC[C@H]1C(=O)N[C@@H](Cc1ccc(O)cc1)C(=O)O. The standard InChI is InChI=1S/C89H122N18O21/c1-46(2)35-62(78(116)99-66(41-54-45-94-60-20-12-10-18-58(54)60)81(119)102-68(37-48(5)6)87(125)106-33-16-23-72(106)85(123)104-70(89(127)128)39-52-26-30-56(110)31-27-52)97-77(115)61(21-13-14-32-90)95-86(124)75(50(8)108)105-83(121)63(36-47(3)4)101-84(122)71-22-15-34-107(71)88(126)69(43-74(112)113)103-79(117)64(38-51-24-28-55(109)29-25-51)98-80(118)65(40-53-44-93-59-19-11-9-17-57(53)59)100-82(120)67(42-73(92)111)96-76(114)49(7)91/h9-12,17-20,24-31,44-50,61-72,75,93-94,108-110H,13-16,21-23,32-43,90-91H2,1-8H3,(H2,92,111)(H,95,124)(H,96,114)(H,97,115)(H,98,118)(H,99,116)(H,100,120)(H,101,122)(H,102,119)(H,103,117)(H,104,123)(H,105,121)(H,112,113)(H,127,128)/t49-,50+,61-,62-,63-,64-,65-,66-,67-,68-,69-,70-,71-,72-,75-/m0/s1. The molecule has 4 heterocycles. The van der Waals surface area contributed by atoms with E-state index < -0.39 is 198 Å². The van der Waals surface area contributed by atoms with Crippen LogP contribution in [0.15, 0.2) is 109 Å². The Morgan fingerprint density at radius 3 is 1.24 bits per heavy atom. The number of rotatable bonds is 48. The number of carboxylic acid groups (broad SMARTS) is 2. The first kappa shape index (κ1) is 100. The fourth-order valence-electron chi connectivity index (χ4n) is 15.6. The van der Waals surface area contributed by atoms with Crippen LogP contribution in [-0.4, -0.2) is 250 Å². The van der Waals surface area contributed by atoms with Crippen LogP contribution in [0.2, 0.25) is 0 Å². The molecule has 2 saturated heterocycles. The van der Waals surface area contributed by atoms with Gasteiger partial charge < -0.3 is 121 Å². The number of carbonyl (C=O) groups excluding carboxylic acids is 14. The smallest absolute Gasteiger partial charge is 0.326 e. The van der Waals surface area contributed by atoms with Crippen LogP contribution in [0.5, 0.6) is 11.5 Å². The predicted octanol–water partition coefficient (Wildman–Crippen LogP) is 0.0758. The monoisotopic (exact) mass is 1780 g/mol. The Morgan fingerprint density at radius 1 is 0.422 bits per heavy atom. The van der Waals surface area contributed by atoms with Crippen LogP contribution in [0.3, 0.4) is 0 Å². The number of primary amides is 1. The first-order valence-corrected chi connectivity index (χ1v) is 43.2. The van der Waals surface area contributed by atoms with E-state index in [1.807, 2.05) is 26.0 Å². The quantitative estimate of drug-likeness (QED) is 0.0225. The van der Waals surface area contributed by atoms with E-state index in [0.29, 0.717) is 56.9 Å². The number of phenolic OH excluding ortho intramolecular Hbond substituents is 2. The summed E-state index contributed by atoms with van der Waals surface area (Å²) in [6.07, 6.45) is -0.208. The van der Waals surface area contributed by atoms with Gasteiger partial charge in [-0.1, -0.05) is 102 Å². The molecule has 0 aliphatic carbocycles. The lowest BCUT2D eigenvalue weighted by Gasteiger charge is -2.31. The van der Waals surface area contributed by atoms with Gasteiger partial charge in [0, 0.05) is 73.0 Å². The van der Waals surface area contributed by atoms with Crippen molar-refractivity contribution in [2.45, 2.75) is 249 Å². The number of benzene rings is 4. The summed E-state index contributed by atoms with van der Waals surface area (Å²) in [7, 11) is 0. The first-order valence-electron chi connectivity index (χ1n) is 43.2. The number of hydrogen-bond acceptors (Lipinski definition) is 21. The van der Waals surface area contributed by atoms with E-state index in [1.165, 1.54) is 67.3 Å². The Bertz CT molecular complexity index is 4920. The van der Waals surface area contributed by atoms with Crippen molar-refractivity contribution in [2.75, 3.05) is 19.6 Å². The van der Waals surface area contributed by atoms with Gasteiger partial charge in [-0.2, -0.15) is 0 Å². The number of likely N-dealkylation sites (tertiary alicyclic amines) is 2. The Labute approximate surface area is 740 Å². The summed E-state index contributed by atoms with van der Waals surface area (Å²) in [4.78, 5) is 236. The maximum Gasteiger partial charge on any atom is 0.326 e. The maximum atomic E-state index is 15.1. The van der Waals surface area contributed by atoms with Gasteiger partial charge in [-0.25, -0.2) is 4.79 Å².